The molecule has 2 nitrogen and oxygen atoms in total. The first-order valence-electron chi connectivity index (χ1n) is 6.35. The van der Waals surface area contributed by atoms with Gasteiger partial charge in [0, 0.05) is 20.3 Å². The fourth-order valence-corrected chi connectivity index (χ4v) is 0.869. The number of hydrogen-bond acceptors (Lipinski definition) is 2. The van der Waals surface area contributed by atoms with E-state index >= 15 is 0 Å². The summed E-state index contributed by atoms with van der Waals surface area (Å²) in [4.78, 5) is 0. The van der Waals surface area contributed by atoms with Crippen LogP contribution in [0.3, 0.4) is 0 Å². The van der Waals surface area contributed by atoms with Gasteiger partial charge in [-0.25, -0.2) is 0 Å². The van der Waals surface area contributed by atoms with Crippen molar-refractivity contribution < 1.29 is 13.0 Å². The quantitative estimate of drug-likeness (QED) is 0.558. The largest absolute Gasteiger partial charge is 0.372 e. The Morgan fingerprint density at radius 3 is 2.80 bits per heavy atom. The van der Waals surface area contributed by atoms with E-state index in [1.54, 1.807) is 0 Å². The van der Waals surface area contributed by atoms with Crippen molar-refractivity contribution >= 4 is 0 Å². The molecule has 0 aromatic rings. The molecule has 1 saturated heterocycles. The molecule has 0 amide bonds. The van der Waals surface area contributed by atoms with Gasteiger partial charge in [-0.1, -0.05) is 0 Å². The average Bonchev–Trinajstić information content (AvgIpc) is 2.06. The molecule has 1 N–H and O–H groups in total. The van der Waals surface area contributed by atoms with Gasteiger partial charge in [-0.05, 0) is 27.6 Å². The highest BCUT2D eigenvalue weighted by atomic mass is 16.5. The highest BCUT2D eigenvalue weighted by molar-refractivity contribution is 4.97. The maximum atomic E-state index is 7.50. The van der Waals surface area contributed by atoms with E-state index in [-0.39, 0.29) is 6.61 Å². The van der Waals surface area contributed by atoms with Crippen LogP contribution in [0.4, 0.5) is 0 Å². The maximum absolute atomic E-state index is 7.50. The summed E-state index contributed by atoms with van der Waals surface area (Å²) >= 11 is 0. The number of ether oxygens (including phenoxy) is 1. The third kappa shape index (κ3) is 1.18. The van der Waals surface area contributed by atoms with Crippen molar-refractivity contribution in [3.63, 3.8) is 0 Å². The summed E-state index contributed by atoms with van der Waals surface area (Å²) in [7, 11) is 0. The van der Waals surface area contributed by atoms with Gasteiger partial charge in [-0.15, -0.1) is 0 Å². The average molecular weight is 149 g/mol. The molecule has 1 aliphatic rings. The molecule has 0 aromatic carbocycles. The minimum Gasteiger partial charge on any atom is -0.372 e. The molecule has 0 aliphatic carbocycles. The zero-order valence-corrected chi connectivity index (χ0v) is 6.32. The van der Waals surface area contributed by atoms with Gasteiger partial charge in [0.05, 0.1) is 12.2 Å². The van der Waals surface area contributed by atoms with Crippen molar-refractivity contribution in [2.24, 2.45) is 0 Å². The first kappa shape index (κ1) is 3.11. The van der Waals surface area contributed by atoms with Gasteiger partial charge in [0.15, 0.2) is 0 Å². The zero-order chi connectivity index (χ0) is 12.8. The lowest BCUT2D eigenvalue weighted by Gasteiger charge is -2.46. The van der Waals surface area contributed by atoms with Gasteiger partial charge < -0.3 is 10.1 Å². The Kier molecular flexibility index (Phi) is 0.688. The molecular weight excluding hydrogens is 126 g/mol. The fraction of sp³-hybridized carbons (Fsp3) is 1.00. The van der Waals surface area contributed by atoms with Crippen LogP contribution in [0.2, 0.25) is 0 Å². The first-order chi connectivity index (χ1) is 6.96. The van der Waals surface area contributed by atoms with Crippen LogP contribution in [0.25, 0.3) is 0 Å². The molecule has 2 heteroatoms. The second kappa shape index (κ2) is 2.21. The van der Waals surface area contributed by atoms with E-state index in [1.165, 1.54) is 13.8 Å². The van der Waals surface area contributed by atoms with E-state index in [9.17, 15) is 0 Å². The van der Waals surface area contributed by atoms with E-state index in [0.29, 0.717) is 6.54 Å². The van der Waals surface area contributed by atoms with Gasteiger partial charge in [-0.2, -0.15) is 0 Å². The molecule has 1 fully saturated rings. The topological polar surface area (TPSA) is 21.3 Å². The van der Waals surface area contributed by atoms with E-state index < -0.39 is 24.8 Å². The Balaban J connectivity index is 3.24. The maximum Gasteiger partial charge on any atom is 0.0802 e. The van der Waals surface area contributed by atoms with Crippen molar-refractivity contribution in [1.29, 1.82) is 0 Å². The molecule has 2 unspecified atom stereocenters. The third-order valence-corrected chi connectivity index (χ3v) is 1.93. The van der Waals surface area contributed by atoms with Crippen molar-refractivity contribution in [2.45, 2.75) is 38.7 Å². The molecular formula is C8H17NO. The summed E-state index contributed by atoms with van der Waals surface area (Å²) in [6.07, 6.45) is 0. The minimum absolute atomic E-state index is 0.195. The lowest BCUT2D eigenvalue weighted by atomic mass is 9.84. The van der Waals surface area contributed by atoms with Gasteiger partial charge in [0.1, 0.15) is 0 Å². The number of rotatable bonds is 0. The number of hydrogen-bond donors (Lipinski definition) is 1. The lowest BCUT2D eigenvalue weighted by Crippen LogP contribution is -2.62. The molecule has 1 rings (SSSR count). The van der Waals surface area contributed by atoms with E-state index in [1.807, 2.05) is 0 Å². The second-order valence-electron chi connectivity index (χ2n) is 2.93. The summed E-state index contributed by atoms with van der Waals surface area (Å²) in [6.45, 7) is -1.70. The Morgan fingerprint density at radius 2 is 2.30 bits per heavy atom. The molecule has 60 valence electrons. The zero-order valence-electron chi connectivity index (χ0n) is 12.3. The van der Waals surface area contributed by atoms with Crippen LogP contribution in [0, 0.1) is 0 Å². The molecule has 0 spiro atoms. The standard InChI is InChI=1S/C8H17NO/c1-7(2)8(3,4)10-6-5-9-7/h9H,5-6H2,1-4H3/i1D3,3D3. The number of morpholine rings is 1. The summed E-state index contributed by atoms with van der Waals surface area (Å²) in [5, 5.41) is 2.79. The van der Waals surface area contributed by atoms with Crippen LogP contribution in [0.1, 0.15) is 35.8 Å². The van der Waals surface area contributed by atoms with E-state index in [4.69, 9.17) is 13.0 Å². The second-order valence-corrected chi connectivity index (χ2v) is 2.93. The Hall–Kier alpha value is -0.0800. The van der Waals surface area contributed by atoms with Crippen molar-refractivity contribution in [2.75, 3.05) is 13.2 Å². The van der Waals surface area contributed by atoms with Crippen LogP contribution in [-0.2, 0) is 4.74 Å². The van der Waals surface area contributed by atoms with Crippen molar-refractivity contribution in [1.82, 2.24) is 5.32 Å². The van der Waals surface area contributed by atoms with E-state index in [2.05, 4.69) is 5.32 Å². The smallest absolute Gasteiger partial charge is 0.0802 e. The normalized spacial score (nSPS) is 60.6. The summed E-state index contributed by atoms with van der Waals surface area (Å²) < 4.78 is 50.2. The van der Waals surface area contributed by atoms with Gasteiger partial charge >= 0.3 is 0 Å². The van der Waals surface area contributed by atoms with Gasteiger partial charge in [-0.3, -0.25) is 0 Å². The molecule has 1 heterocycles. The minimum atomic E-state index is -2.50. The predicted octanol–water partition coefficient (Wildman–Crippen LogP) is 1.16. The molecule has 1 aliphatic heterocycles. The van der Waals surface area contributed by atoms with Crippen LogP contribution < -0.4 is 5.32 Å². The Bertz CT molecular complexity index is 247. The van der Waals surface area contributed by atoms with Crippen LogP contribution in [-0.4, -0.2) is 24.3 Å². The molecule has 0 bridgehead atoms. The monoisotopic (exact) mass is 149 g/mol. The Labute approximate surface area is 71.4 Å². The molecule has 0 radical (unpaired) electrons. The third-order valence-electron chi connectivity index (χ3n) is 1.93. The van der Waals surface area contributed by atoms with Crippen LogP contribution in [0.5, 0.6) is 0 Å². The lowest BCUT2D eigenvalue weighted by molar-refractivity contribution is -0.103. The Morgan fingerprint density at radius 1 is 1.50 bits per heavy atom. The molecule has 0 saturated carbocycles. The molecule has 0 aromatic heterocycles. The highest BCUT2D eigenvalue weighted by Crippen LogP contribution is 2.27. The fourth-order valence-electron chi connectivity index (χ4n) is 0.869. The van der Waals surface area contributed by atoms with Crippen molar-refractivity contribution in [3.05, 3.63) is 0 Å². The highest BCUT2D eigenvalue weighted by Gasteiger charge is 2.39. The van der Waals surface area contributed by atoms with E-state index in [0.717, 1.165) is 0 Å². The SMILES string of the molecule is [2H]C([2H])([2H])C1(C)NCCOC1(C)C([2H])([2H])[2H]. The summed E-state index contributed by atoms with van der Waals surface area (Å²) in [5.74, 6) is 0. The molecule has 10 heavy (non-hydrogen) atoms. The number of nitrogens with one attached hydrogen (secondary N) is 1. The van der Waals surface area contributed by atoms with Crippen LogP contribution in [0.15, 0.2) is 0 Å². The first-order valence-corrected chi connectivity index (χ1v) is 3.35. The van der Waals surface area contributed by atoms with Crippen molar-refractivity contribution in [3.8, 4) is 0 Å². The molecule has 2 atom stereocenters. The van der Waals surface area contributed by atoms with Crippen LogP contribution >= 0.6 is 0 Å². The summed E-state index contributed by atoms with van der Waals surface area (Å²) in [6, 6.07) is 0. The van der Waals surface area contributed by atoms with Gasteiger partial charge in [0.2, 0.25) is 0 Å². The van der Waals surface area contributed by atoms with Gasteiger partial charge in [0.25, 0.3) is 0 Å². The predicted molar refractivity (Wildman–Crippen MR) is 42.1 cm³/mol. The summed E-state index contributed by atoms with van der Waals surface area (Å²) in [5.41, 5.74) is -3.30.